The molecule has 1 aromatic rings. The van der Waals surface area contributed by atoms with Crippen molar-refractivity contribution in [2.75, 3.05) is 11.5 Å². The lowest BCUT2D eigenvalue weighted by molar-refractivity contribution is 0.0982. The van der Waals surface area contributed by atoms with E-state index in [2.05, 4.69) is 0 Å². The second-order valence-electron chi connectivity index (χ2n) is 5.80. The van der Waals surface area contributed by atoms with Gasteiger partial charge in [0.1, 0.15) is 5.82 Å². The molecule has 0 N–H and O–H groups in total. The Labute approximate surface area is 125 Å². The summed E-state index contributed by atoms with van der Waals surface area (Å²) in [4.78, 5) is 11.9. The van der Waals surface area contributed by atoms with Crippen LogP contribution in [-0.2, 0) is 9.84 Å². The molecule has 116 valence electrons. The monoisotopic (exact) mass is 312 g/mol. The lowest BCUT2D eigenvalue weighted by atomic mass is 10.1. The van der Waals surface area contributed by atoms with Crippen molar-refractivity contribution in [3.05, 3.63) is 35.6 Å². The zero-order chi connectivity index (χ0) is 15.3. The highest BCUT2D eigenvalue weighted by Gasteiger charge is 2.22. The van der Waals surface area contributed by atoms with Crippen LogP contribution in [-0.4, -0.2) is 25.7 Å². The molecule has 0 saturated heterocycles. The van der Waals surface area contributed by atoms with Crippen molar-refractivity contribution >= 4 is 15.6 Å². The van der Waals surface area contributed by atoms with Gasteiger partial charge in [0, 0.05) is 12.0 Å². The van der Waals surface area contributed by atoms with E-state index >= 15 is 0 Å². The van der Waals surface area contributed by atoms with Crippen LogP contribution in [0.15, 0.2) is 24.3 Å². The van der Waals surface area contributed by atoms with Gasteiger partial charge in [0.05, 0.1) is 11.5 Å². The van der Waals surface area contributed by atoms with Crippen molar-refractivity contribution in [3.8, 4) is 0 Å². The molecule has 0 bridgehead atoms. The van der Waals surface area contributed by atoms with Crippen molar-refractivity contribution in [2.24, 2.45) is 5.92 Å². The van der Waals surface area contributed by atoms with Gasteiger partial charge in [0.25, 0.3) is 0 Å². The Kier molecular flexibility index (Phi) is 5.51. The topological polar surface area (TPSA) is 51.2 Å². The maximum atomic E-state index is 12.8. The number of carbonyl (C=O) groups is 1. The molecule has 0 radical (unpaired) electrons. The summed E-state index contributed by atoms with van der Waals surface area (Å²) < 4.78 is 36.7. The molecule has 1 saturated carbocycles. The fraction of sp³-hybridized carbons (Fsp3) is 0.562. The summed E-state index contributed by atoms with van der Waals surface area (Å²) in [6, 6.07) is 5.35. The molecule has 21 heavy (non-hydrogen) atoms. The minimum Gasteiger partial charge on any atom is -0.294 e. The van der Waals surface area contributed by atoms with Gasteiger partial charge in [-0.1, -0.05) is 12.8 Å². The largest absolute Gasteiger partial charge is 0.294 e. The molecule has 0 aliphatic heterocycles. The van der Waals surface area contributed by atoms with Gasteiger partial charge in [0.15, 0.2) is 15.6 Å². The third kappa shape index (κ3) is 5.23. The quantitative estimate of drug-likeness (QED) is 0.725. The fourth-order valence-electron chi connectivity index (χ4n) is 2.85. The van der Waals surface area contributed by atoms with Crippen molar-refractivity contribution in [2.45, 2.75) is 38.5 Å². The standard InChI is InChI=1S/C16H21FO3S/c17-15-9-7-14(8-10-15)16(18)6-3-11-21(19,20)12-13-4-1-2-5-13/h7-10,13H,1-6,11-12H2. The number of benzene rings is 1. The summed E-state index contributed by atoms with van der Waals surface area (Å²) in [5, 5.41) is 0. The maximum Gasteiger partial charge on any atom is 0.162 e. The Balaban J connectivity index is 1.77. The van der Waals surface area contributed by atoms with Crippen LogP contribution >= 0.6 is 0 Å². The van der Waals surface area contributed by atoms with E-state index in [0.29, 0.717) is 17.9 Å². The first-order chi connectivity index (χ1) is 9.96. The molecule has 0 atom stereocenters. The van der Waals surface area contributed by atoms with E-state index < -0.39 is 9.84 Å². The molecule has 5 heteroatoms. The van der Waals surface area contributed by atoms with Gasteiger partial charge in [-0.25, -0.2) is 12.8 Å². The number of rotatable bonds is 7. The average Bonchev–Trinajstić information content (AvgIpc) is 2.91. The van der Waals surface area contributed by atoms with E-state index in [4.69, 9.17) is 0 Å². The van der Waals surface area contributed by atoms with Crippen LogP contribution in [0.2, 0.25) is 0 Å². The van der Waals surface area contributed by atoms with E-state index in [0.717, 1.165) is 25.7 Å². The fourth-order valence-corrected chi connectivity index (χ4v) is 4.65. The third-order valence-electron chi connectivity index (χ3n) is 3.99. The van der Waals surface area contributed by atoms with Crippen LogP contribution in [0.5, 0.6) is 0 Å². The highest BCUT2D eigenvalue weighted by molar-refractivity contribution is 7.91. The first-order valence-corrected chi connectivity index (χ1v) is 9.27. The minimum absolute atomic E-state index is 0.0659. The Hall–Kier alpha value is -1.23. The number of halogens is 1. The Morgan fingerprint density at radius 3 is 2.38 bits per heavy atom. The van der Waals surface area contributed by atoms with Crippen LogP contribution in [0.3, 0.4) is 0 Å². The number of ketones is 1. The summed E-state index contributed by atoms with van der Waals surface area (Å²) in [7, 11) is -3.06. The zero-order valence-corrected chi connectivity index (χ0v) is 12.9. The van der Waals surface area contributed by atoms with Gasteiger partial charge in [0.2, 0.25) is 0 Å². The minimum atomic E-state index is -3.06. The van der Waals surface area contributed by atoms with Gasteiger partial charge < -0.3 is 0 Å². The first kappa shape index (κ1) is 16.1. The maximum absolute atomic E-state index is 12.8. The van der Waals surface area contributed by atoms with Crippen LogP contribution < -0.4 is 0 Å². The Morgan fingerprint density at radius 2 is 1.76 bits per heavy atom. The van der Waals surface area contributed by atoms with E-state index in [1.807, 2.05) is 0 Å². The lowest BCUT2D eigenvalue weighted by Crippen LogP contribution is -2.17. The Bertz CT molecular complexity index is 572. The Morgan fingerprint density at radius 1 is 1.14 bits per heavy atom. The van der Waals surface area contributed by atoms with Crippen LogP contribution in [0.1, 0.15) is 48.9 Å². The number of hydrogen-bond donors (Lipinski definition) is 0. The molecule has 3 nitrogen and oxygen atoms in total. The molecule has 0 spiro atoms. The smallest absolute Gasteiger partial charge is 0.162 e. The summed E-state index contributed by atoms with van der Waals surface area (Å²) in [5.41, 5.74) is 0.435. The third-order valence-corrected chi connectivity index (χ3v) is 5.88. The summed E-state index contributed by atoms with van der Waals surface area (Å²) in [6.07, 6.45) is 4.80. The van der Waals surface area contributed by atoms with Crippen molar-refractivity contribution in [3.63, 3.8) is 0 Å². The molecule has 0 amide bonds. The van der Waals surface area contributed by atoms with Crippen molar-refractivity contribution in [1.82, 2.24) is 0 Å². The number of hydrogen-bond acceptors (Lipinski definition) is 3. The van der Waals surface area contributed by atoms with Crippen LogP contribution in [0.25, 0.3) is 0 Å². The molecule has 0 aromatic heterocycles. The molecular weight excluding hydrogens is 291 g/mol. The number of sulfone groups is 1. The van der Waals surface area contributed by atoms with Gasteiger partial charge in [-0.15, -0.1) is 0 Å². The predicted molar refractivity (Wildman–Crippen MR) is 80.6 cm³/mol. The summed E-state index contributed by atoms with van der Waals surface area (Å²) in [6.45, 7) is 0. The van der Waals surface area contributed by atoms with Crippen LogP contribution in [0, 0.1) is 11.7 Å². The van der Waals surface area contributed by atoms with Gasteiger partial charge in [-0.05, 0) is 49.4 Å². The first-order valence-electron chi connectivity index (χ1n) is 7.45. The van der Waals surface area contributed by atoms with Gasteiger partial charge in [-0.2, -0.15) is 0 Å². The van der Waals surface area contributed by atoms with Crippen LogP contribution in [0.4, 0.5) is 4.39 Å². The SMILES string of the molecule is O=C(CCCS(=O)(=O)CC1CCCC1)c1ccc(F)cc1. The summed E-state index contributed by atoms with van der Waals surface area (Å²) >= 11 is 0. The molecule has 1 aliphatic rings. The molecule has 1 aromatic carbocycles. The zero-order valence-electron chi connectivity index (χ0n) is 12.1. The second kappa shape index (κ2) is 7.16. The molecule has 0 heterocycles. The predicted octanol–water partition coefficient (Wildman–Crippen LogP) is 3.39. The summed E-state index contributed by atoms with van der Waals surface area (Å²) in [5.74, 6) is 0.119. The second-order valence-corrected chi connectivity index (χ2v) is 8.03. The van der Waals surface area contributed by atoms with E-state index in [1.54, 1.807) is 0 Å². The molecule has 0 unspecified atom stereocenters. The molecule has 2 rings (SSSR count). The number of Topliss-reactive ketones (excluding diaryl/α,β-unsaturated/α-hetero) is 1. The molecular formula is C16H21FO3S. The van der Waals surface area contributed by atoms with Crippen molar-refractivity contribution < 1.29 is 17.6 Å². The molecule has 1 aliphatic carbocycles. The van der Waals surface area contributed by atoms with Crippen molar-refractivity contribution in [1.29, 1.82) is 0 Å². The van der Waals surface area contributed by atoms with Gasteiger partial charge in [-0.3, -0.25) is 4.79 Å². The highest BCUT2D eigenvalue weighted by Crippen LogP contribution is 2.26. The van der Waals surface area contributed by atoms with E-state index in [-0.39, 0.29) is 29.5 Å². The highest BCUT2D eigenvalue weighted by atomic mass is 32.2. The number of carbonyl (C=O) groups excluding carboxylic acids is 1. The van der Waals surface area contributed by atoms with E-state index in [1.165, 1.54) is 24.3 Å². The average molecular weight is 312 g/mol. The lowest BCUT2D eigenvalue weighted by Gasteiger charge is -2.09. The normalized spacial score (nSPS) is 16.2. The molecule has 1 fully saturated rings. The van der Waals surface area contributed by atoms with Gasteiger partial charge >= 0.3 is 0 Å². The van der Waals surface area contributed by atoms with E-state index in [9.17, 15) is 17.6 Å².